The van der Waals surface area contributed by atoms with Gasteiger partial charge in [0.25, 0.3) is 0 Å². The van der Waals surface area contributed by atoms with Crippen LogP contribution in [-0.4, -0.2) is 21.3 Å². The van der Waals surface area contributed by atoms with Gasteiger partial charge in [-0.1, -0.05) is 6.08 Å². The molecule has 0 spiro atoms. The zero-order chi connectivity index (χ0) is 11.3. The van der Waals surface area contributed by atoms with E-state index in [1.54, 1.807) is 12.1 Å². The maximum absolute atomic E-state index is 11.2. The number of ether oxygens (including phenoxy) is 1. The molecule has 0 fully saturated rings. The molecule has 0 N–H and O–H groups in total. The molecule has 0 bridgehead atoms. The Morgan fingerprint density at radius 2 is 1.80 bits per heavy atom. The van der Waals surface area contributed by atoms with Crippen LogP contribution >= 0.6 is 0 Å². The number of methoxy groups -OCH3 is 1. The van der Waals surface area contributed by atoms with E-state index in [-0.39, 0.29) is 11.5 Å². The molecule has 5 heteroatoms. The van der Waals surface area contributed by atoms with E-state index in [4.69, 9.17) is 8.92 Å². The summed E-state index contributed by atoms with van der Waals surface area (Å²) in [5.41, 5.74) is 0. The molecule has 0 atom stereocenters. The minimum absolute atomic E-state index is 0.209. The molecule has 1 rings (SSSR count). The van der Waals surface area contributed by atoms with Gasteiger partial charge >= 0.3 is 10.1 Å². The molecular weight excluding hydrogens is 216 g/mol. The van der Waals surface area contributed by atoms with Crippen molar-refractivity contribution in [3.05, 3.63) is 36.9 Å². The van der Waals surface area contributed by atoms with E-state index in [1.165, 1.54) is 25.3 Å². The van der Waals surface area contributed by atoms with Crippen molar-refractivity contribution in [1.29, 1.82) is 0 Å². The van der Waals surface area contributed by atoms with E-state index in [0.29, 0.717) is 5.75 Å². The van der Waals surface area contributed by atoms with Gasteiger partial charge in [-0.2, -0.15) is 8.42 Å². The van der Waals surface area contributed by atoms with Gasteiger partial charge in [0, 0.05) is 0 Å². The third-order valence-corrected chi connectivity index (χ3v) is 2.69. The standard InChI is InChI=1S/C10H12O4S/c1-3-8-15(11,12)14-10-6-4-9(13-2)5-7-10/h3-7H,1,8H2,2H3. The van der Waals surface area contributed by atoms with Crippen molar-refractivity contribution in [3.8, 4) is 11.5 Å². The quantitative estimate of drug-likeness (QED) is 0.567. The Hall–Kier alpha value is -1.49. The minimum atomic E-state index is -3.56. The molecule has 0 radical (unpaired) electrons. The van der Waals surface area contributed by atoms with Gasteiger partial charge < -0.3 is 8.92 Å². The van der Waals surface area contributed by atoms with Gasteiger partial charge in [-0.15, -0.1) is 6.58 Å². The highest BCUT2D eigenvalue weighted by molar-refractivity contribution is 7.87. The largest absolute Gasteiger partial charge is 0.497 e. The zero-order valence-corrected chi connectivity index (χ0v) is 9.16. The Kier molecular flexibility index (Phi) is 3.74. The Morgan fingerprint density at radius 3 is 2.27 bits per heavy atom. The Labute approximate surface area is 89.3 Å². The number of hydrogen-bond acceptors (Lipinski definition) is 4. The fourth-order valence-corrected chi connectivity index (χ4v) is 1.72. The van der Waals surface area contributed by atoms with Crippen LogP contribution in [0.3, 0.4) is 0 Å². The fraction of sp³-hybridized carbons (Fsp3) is 0.200. The molecule has 0 aliphatic carbocycles. The van der Waals surface area contributed by atoms with Crippen molar-refractivity contribution in [1.82, 2.24) is 0 Å². The lowest BCUT2D eigenvalue weighted by atomic mass is 10.3. The predicted octanol–water partition coefficient (Wildman–Crippen LogP) is 1.59. The molecule has 82 valence electrons. The smallest absolute Gasteiger partial charge is 0.312 e. The topological polar surface area (TPSA) is 52.6 Å². The average molecular weight is 228 g/mol. The van der Waals surface area contributed by atoms with Gasteiger partial charge in [-0.25, -0.2) is 0 Å². The highest BCUT2D eigenvalue weighted by atomic mass is 32.2. The van der Waals surface area contributed by atoms with Crippen LogP contribution in [0.5, 0.6) is 11.5 Å². The maximum Gasteiger partial charge on any atom is 0.312 e. The highest BCUT2D eigenvalue weighted by Gasteiger charge is 2.09. The summed E-state index contributed by atoms with van der Waals surface area (Å²) in [4.78, 5) is 0. The van der Waals surface area contributed by atoms with E-state index in [9.17, 15) is 8.42 Å². The molecule has 0 aliphatic heterocycles. The number of benzene rings is 1. The first kappa shape index (κ1) is 11.6. The van der Waals surface area contributed by atoms with Crippen LogP contribution in [0.15, 0.2) is 36.9 Å². The molecule has 1 aromatic rings. The van der Waals surface area contributed by atoms with E-state index < -0.39 is 10.1 Å². The van der Waals surface area contributed by atoms with Crippen molar-refractivity contribution in [2.75, 3.05) is 12.9 Å². The second-order valence-corrected chi connectivity index (χ2v) is 4.39. The summed E-state index contributed by atoms with van der Waals surface area (Å²) in [6, 6.07) is 6.30. The first-order chi connectivity index (χ1) is 7.07. The summed E-state index contributed by atoms with van der Waals surface area (Å²) >= 11 is 0. The van der Waals surface area contributed by atoms with Crippen molar-refractivity contribution in [2.24, 2.45) is 0 Å². The summed E-state index contributed by atoms with van der Waals surface area (Å²) in [5, 5.41) is 0. The monoisotopic (exact) mass is 228 g/mol. The third kappa shape index (κ3) is 3.63. The lowest BCUT2D eigenvalue weighted by Gasteiger charge is -2.05. The predicted molar refractivity (Wildman–Crippen MR) is 57.6 cm³/mol. The van der Waals surface area contributed by atoms with E-state index in [1.807, 2.05) is 0 Å². The summed E-state index contributed by atoms with van der Waals surface area (Å²) in [7, 11) is -2.03. The van der Waals surface area contributed by atoms with Crippen LogP contribution in [0.4, 0.5) is 0 Å². The van der Waals surface area contributed by atoms with Crippen molar-refractivity contribution in [3.63, 3.8) is 0 Å². The van der Waals surface area contributed by atoms with Gasteiger partial charge in [-0.05, 0) is 24.3 Å². The summed E-state index contributed by atoms with van der Waals surface area (Å²) < 4.78 is 32.2. The average Bonchev–Trinajstić information content (AvgIpc) is 2.18. The van der Waals surface area contributed by atoms with E-state index >= 15 is 0 Å². The SMILES string of the molecule is C=CCS(=O)(=O)Oc1ccc(OC)cc1. The minimum Gasteiger partial charge on any atom is -0.497 e. The summed E-state index contributed by atoms with van der Waals surface area (Å²) in [5.74, 6) is 0.695. The van der Waals surface area contributed by atoms with Crippen LogP contribution in [-0.2, 0) is 10.1 Å². The van der Waals surface area contributed by atoms with Gasteiger partial charge in [0.05, 0.1) is 7.11 Å². The lowest BCUT2D eigenvalue weighted by Crippen LogP contribution is -2.11. The van der Waals surface area contributed by atoms with Gasteiger partial charge in [-0.3, -0.25) is 0 Å². The molecule has 0 unspecified atom stereocenters. The molecule has 0 heterocycles. The Bertz CT molecular complexity index is 419. The van der Waals surface area contributed by atoms with Gasteiger partial charge in [0.1, 0.15) is 17.3 Å². The molecule has 1 aromatic carbocycles. The van der Waals surface area contributed by atoms with Gasteiger partial charge in [0.15, 0.2) is 0 Å². The van der Waals surface area contributed by atoms with E-state index in [0.717, 1.165) is 0 Å². The van der Waals surface area contributed by atoms with Crippen molar-refractivity contribution < 1.29 is 17.3 Å². The van der Waals surface area contributed by atoms with Crippen molar-refractivity contribution >= 4 is 10.1 Å². The second kappa shape index (κ2) is 4.84. The summed E-state index contributed by atoms with van der Waals surface area (Å²) in [6.07, 6.45) is 1.28. The van der Waals surface area contributed by atoms with E-state index in [2.05, 4.69) is 6.58 Å². The molecule has 0 aromatic heterocycles. The van der Waals surface area contributed by atoms with Crippen LogP contribution in [0, 0.1) is 0 Å². The molecule has 0 saturated heterocycles. The van der Waals surface area contributed by atoms with Crippen LogP contribution < -0.4 is 8.92 Å². The van der Waals surface area contributed by atoms with Gasteiger partial charge in [0.2, 0.25) is 0 Å². The number of rotatable bonds is 5. The van der Waals surface area contributed by atoms with Crippen LogP contribution in [0.1, 0.15) is 0 Å². The third-order valence-electron chi connectivity index (χ3n) is 1.60. The normalized spacial score (nSPS) is 10.7. The first-order valence-corrected chi connectivity index (χ1v) is 5.82. The Balaban J connectivity index is 2.77. The first-order valence-electron chi connectivity index (χ1n) is 4.24. The number of hydrogen-bond donors (Lipinski definition) is 0. The highest BCUT2D eigenvalue weighted by Crippen LogP contribution is 2.18. The molecular formula is C10H12O4S. The molecule has 0 aliphatic rings. The van der Waals surface area contributed by atoms with Crippen LogP contribution in [0.25, 0.3) is 0 Å². The molecule has 0 saturated carbocycles. The summed E-state index contributed by atoms with van der Waals surface area (Å²) in [6.45, 7) is 3.34. The maximum atomic E-state index is 11.2. The zero-order valence-electron chi connectivity index (χ0n) is 8.34. The second-order valence-electron chi connectivity index (χ2n) is 2.77. The Morgan fingerprint density at radius 1 is 1.27 bits per heavy atom. The fourth-order valence-electron chi connectivity index (χ4n) is 0.956. The van der Waals surface area contributed by atoms with Crippen molar-refractivity contribution in [2.45, 2.75) is 0 Å². The lowest BCUT2D eigenvalue weighted by molar-refractivity contribution is 0.413. The molecule has 15 heavy (non-hydrogen) atoms. The molecule has 0 amide bonds. The van der Waals surface area contributed by atoms with Crippen LogP contribution in [0.2, 0.25) is 0 Å². The molecule has 4 nitrogen and oxygen atoms in total.